The number of thiophene rings is 1. The highest BCUT2D eigenvalue weighted by atomic mass is 32.1. The Morgan fingerprint density at radius 1 is 1.03 bits per heavy atom. The summed E-state index contributed by atoms with van der Waals surface area (Å²) in [6, 6.07) is 8.08. The average molecular weight is 425 g/mol. The first-order valence-electron chi connectivity index (χ1n) is 10.1. The molecule has 2 aromatic rings. The summed E-state index contributed by atoms with van der Waals surface area (Å²) >= 11 is 1.29. The van der Waals surface area contributed by atoms with Crippen molar-refractivity contribution in [3.8, 4) is 11.1 Å². The van der Waals surface area contributed by atoms with Crippen LogP contribution < -0.4 is 10.6 Å². The van der Waals surface area contributed by atoms with Gasteiger partial charge in [0, 0.05) is 17.0 Å². The summed E-state index contributed by atoms with van der Waals surface area (Å²) in [5.74, 6) is -2.95. The van der Waals surface area contributed by atoms with Gasteiger partial charge in [0.15, 0.2) is 0 Å². The molecule has 0 bridgehead atoms. The van der Waals surface area contributed by atoms with Crippen LogP contribution in [-0.2, 0) is 9.59 Å². The number of amides is 2. The second kappa shape index (κ2) is 8.44. The number of carbonyl (C=O) groups is 3. The SMILES string of the molecule is Cc1ccc(-c2csc(NC(=O)C3CC=CCC3C(=O)O)c2C(=O)NC2CC2)cc1. The lowest BCUT2D eigenvalue weighted by atomic mass is 9.82. The number of rotatable bonds is 6. The third kappa shape index (κ3) is 4.31. The molecule has 1 aromatic carbocycles. The van der Waals surface area contributed by atoms with Gasteiger partial charge in [0.25, 0.3) is 5.91 Å². The number of nitrogens with one attached hydrogen (secondary N) is 2. The summed E-state index contributed by atoms with van der Waals surface area (Å²) in [5, 5.41) is 17.7. The topological polar surface area (TPSA) is 95.5 Å². The predicted octanol–water partition coefficient (Wildman–Crippen LogP) is 4.22. The van der Waals surface area contributed by atoms with Gasteiger partial charge in [0.1, 0.15) is 5.00 Å². The van der Waals surface area contributed by atoms with Crippen molar-refractivity contribution >= 4 is 34.1 Å². The Morgan fingerprint density at radius 2 is 1.70 bits per heavy atom. The molecular weight excluding hydrogens is 400 g/mol. The zero-order chi connectivity index (χ0) is 21.3. The molecule has 7 heteroatoms. The molecule has 0 saturated heterocycles. The fraction of sp³-hybridized carbons (Fsp3) is 0.348. The maximum Gasteiger partial charge on any atom is 0.307 e. The van der Waals surface area contributed by atoms with Crippen molar-refractivity contribution in [2.45, 2.75) is 38.6 Å². The van der Waals surface area contributed by atoms with Crippen LogP contribution in [0.1, 0.15) is 41.6 Å². The highest BCUT2D eigenvalue weighted by Gasteiger charge is 2.35. The minimum atomic E-state index is -0.974. The molecule has 2 aliphatic rings. The molecule has 1 aromatic heterocycles. The lowest BCUT2D eigenvalue weighted by molar-refractivity contribution is -0.146. The van der Waals surface area contributed by atoms with Gasteiger partial charge in [-0.1, -0.05) is 42.0 Å². The van der Waals surface area contributed by atoms with Gasteiger partial charge in [-0.3, -0.25) is 14.4 Å². The van der Waals surface area contributed by atoms with E-state index in [0.717, 1.165) is 29.5 Å². The van der Waals surface area contributed by atoms with Crippen LogP contribution in [-0.4, -0.2) is 28.9 Å². The van der Waals surface area contributed by atoms with Gasteiger partial charge in [-0.25, -0.2) is 0 Å². The van der Waals surface area contributed by atoms with Crippen LogP contribution in [0.4, 0.5) is 5.00 Å². The van der Waals surface area contributed by atoms with E-state index in [1.54, 1.807) is 6.08 Å². The Hall–Kier alpha value is -2.93. The van der Waals surface area contributed by atoms with E-state index in [1.165, 1.54) is 11.3 Å². The number of hydrogen-bond donors (Lipinski definition) is 3. The maximum atomic E-state index is 13.0. The van der Waals surface area contributed by atoms with Crippen molar-refractivity contribution < 1.29 is 19.5 Å². The van der Waals surface area contributed by atoms with Gasteiger partial charge in [-0.05, 0) is 38.2 Å². The number of allylic oxidation sites excluding steroid dienone is 2. The van der Waals surface area contributed by atoms with E-state index in [2.05, 4.69) is 10.6 Å². The number of aryl methyl sites for hydroxylation is 1. The molecule has 0 radical (unpaired) electrons. The Bertz CT molecular complexity index is 1000. The standard InChI is InChI=1S/C23H24N2O4S/c1-13-6-8-14(9-7-13)18-12-30-22(19(18)21(27)24-15-10-11-15)25-20(26)16-4-2-3-5-17(16)23(28)29/h2-3,6-9,12,15-17H,4-5,10-11H2,1H3,(H,24,27)(H,25,26)(H,28,29). The summed E-state index contributed by atoms with van der Waals surface area (Å²) in [7, 11) is 0. The van der Waals surface area contributed by atoms with Crippen molar-refractivity contribution in [3.05, 3.63) is 52.9 Å². The Kier molecular flexibility index (Phi) is 5.72. The number of anilines is 1. The van der Waals surface area contributed by atoms with Gasteiger partial charge < -0.3 is 15.7 Å². The second-order valence-electron chi connectivity index (χ2n) is 7.95. The van der Waals surface area contributed by atoms with E-state index < -0.39 is 17.8 Å². The molecule has 3 N–H and O–H groups in total. The molecule has 2 aliphatic carbocycles. The predicted molar refractivity (Wildman–Crippen MR) is 117 cm³/mol. The molecule has 0 spiro atoms. The van der Waals surface area contributed by atoms with Crippen molar-refractivity contribution in [1.82, 2.24) is 5.32 Å². The summed E-state index contributed by atoms with van der Waals surface area (Å²) < 4.78 is 0. The Labute approximate surface area is 179 Å². The van der Waals surface area contributed by atoms with Crippen molar-refractivity contribution in [2.75, 3.05) is 5.32 Å². The largest absolute Gasteiger partial charge is 0.481 e. The minimum Gasteiger partial charge on any atom is -0.481 e. The van der Waals surface area contributed by atoms with E-state index in [0.29, 0.717) is 23.4 Å². The first-order valence-corrected chi connectivity index (χ1v) is 11.0. The molecule has 1 fully saturated rings. The third-order valence-electron chi connectivity index (χ3n) is 5.62. The quantitative estimate of drug-likeness (QED) is 0.605. The Balaban J connectivity index is 1.64. The summed E-state index contributed by atoms with van der Waals surface area (Å²) in [6.07, 6.45) is 6.29. The first kappa shape index (κ1) is 20.3. The second-order valence-corrected chi connectivity index (χ2v) is 8.83. The summed E-state index contributed by atoms with van der Waals surface area (Å²) in [4.78, 5) is 37.5. The van der Waals surface area contributed by atoms with Crippen LogP contribution in [0.2, 0.25) is 0 Å². The number of hydrogen-bond acceptors (Lipinski definition) is 4. The number of carboxylic acid groups (broad SMARTS) is 1. The molecule has 4 rings (SSSR count). The fourth-order valence-corrected chi connectivity index (χ4v) is 4.66. The van der Waals surface area contributed by atoms with Crippen LogP contribution in [0.25, 0.3) is 11.1 Å². The van der Waals surface area contributed by atoms with Crippen LogP contribution in [0.3, 0.4) is 0 Å². The van der Waals surface area contributed by atoms with Gasteiger partial charge in [0.05, 0.1) is 17.4 Å². The smallest absolute Gasteiger partial charge is 0.307 e. The molecule has 1 heterocycles. The maximum absolute atomic E-state index is 13.0. The highest BCUT2D eigenvalue weighted by Crippen LogP contribution is 2.37. The number of aliphatic carboxylic acids is 1. The number of carbonyl (C=O) groups excluding carboxylic acids is 2. The van der Waals surface area contributed by atoms with E-state index >= 15 is 0 Å². The van der Waals surface area contributed by atoms with Crippen LogP contribution in [0.15, 0.2) is 41.8 Å². The minimum absolute atomic E-state index is 0.187. The summed E-state index contributed by atoms with van der Waals surface area (Å²) in [5.41, 5.74) is 3.24. The van der Waals surface area contributed by atoms with Crippen LogP contribution in [0.5, 0.6) is 0 Å². The molecule has 2 unspecified atom stereocenters. The van der Waals surface area contributed by atoms with Gasteiger partial charge in [0.2, 0.25) is 5.91 Å². The number of carboxylic acids is 1. The molecule has 30 heavy (non-hydrogen) atoms. The third-order valence-corrected chi connectivity index (χ3v) is 6.51. The lowest BCUT2D eigenvalue weighted by Crippen LogP contribution is -2.35. The van der Waals surface area contributed by atoms with Crippen molar-refractivity contribution in [3.63, 3.8) is 0 Å². The number of benzene rings is 1. The monoisotopic (exact) mass is 424 g/mol. The van der Waals surface area contributed by atoms with Gasteiger partial charge >= 0.3 is 5.97 Å². The molecule has 0 aliphatic heterocycles. The molecule has 2 amide bonds. The van der Waals surface area contributed by atoms with Crippen LogP contribution >= 0.6 is 11.3 Å². The normalized spacial score (nSPS) is 20.6. The van der Waals surface area contributed by atoms with E-state index in [-0.39, 0.29) is 17.9 Å². The lowest BCUT2D eigenvalue weighted by Gasteiger charge is -2.24. The first-order chi connectivity index (χ1) is 14.4. The van der Waals surface area contributed by atoms with Crippen molar-refractivity contribution in [1.29, 1.82) is 0 Å². The van der Waals surface area contributed by atoms with E-state index in [4.69, 9.17) is 0 Å². The van der Waals surface area contributed by atoms with E-state index in [9.17, 15) is 19.5 Å². The molecule has 156 valence electrons. The van der Waals surface area contributed by atoms with Crippen molar-refractivity contribution in [2.24, 2.45) is 11.8 Å². The molecular formula is C23H24N2O4S. The molecule has 1 saturated carbocycles. The molecule has 6 nitrogen and oxygen atoms in total. The highest BCUT2D eigenvalue weighted by molar-refractivity contribution is 7.15. The van der Waals surface area contributed by atoms with E-state index in [1.807, 2.05) is 42.6 Å². The van der Waals surface area contributed by atoms with Gasteiger partial charge in [-0.15, -0.1) is 11.3 Å². The zero-order valence-corrected chi connectivity index (χ0v) is 17.5. The summed E-state index contributed by atoms with van der Waals surface area (Å²) in [6.45, 7) is 2.00. The zero-order valence-electron chi connectivity index (χ0n) is 16.7. The average Bonchev–Trinajstić information content (AvgIpc) is 3.45. The van der Waals surface area contributed by atoms with Crippen LogP contribution in [0, 0.1) is 18.8 Å². The van der Waals surface area contributed by atoms with Gasteiger partial charge in [-0.2, -0.15) is 0 Å². The fourth-order valence-electron chi connectivity index (χ4n) is 3.69. The Morgan fingerprint density at radius 3 is 2.33 bits per heavy atom. The molecule has 2 atom stereocenters.